The standard InChI is InChI=1S/C31H51N3O3S/c1-24-9-6-7-13-27(24)28-21-32-17-15-31(28,23-33-29(30(35)36)14-20-38-2)16-19-34-18-8-10-25(34)22-37-26-11-4-3-5-12-26/h6-7,9,13,25-26,28-29,32-33H,3-5,8,10-12,14-23H2,1-2H3,(H,35,36)/t25-,28?,29?,31?/m0/s1. The first kappa shape index (κ1) is 29.9. The summed E-state index contributed by atoms with van der Waals surface area (Å²) in [6, 6.07) is 8.83. The molecule has 4 atom stereocenters. The van der Waals surface area contributed by atoms with Crippen molar-refractivity contribution < 1.29 is 14.6 Å². The van der Waals surface area contributed by atoms with E-state index in [-0.39, 0.29) is 5.41 Å². The molecular formula is C31H51N3O3S. The number of ether oxygens (including phenoxy) is 1. The van der Waals surface area contributed by atoms with Crippen LogP contribution in [0.3, 0.4) is 0 Å². The maximum absolute atomic E-state index is 12.1. The lowest BCUT2D eigenvalue weighted by Gasteiger charge is -2.47. The summed E-state index contributed by atoms with van der Waals surface area (Å²) in [5.74, 6) is 0.491. The zero-order valence-electron chi connectivity index (χ0n) is 23.8. The number of thioether (sulfide) groups is 1. The highest BCUT2D eigenvalue weighted by molar-refractivity contribution is 7.98. The lowest BCUT2D eigenvalue weighted by atomic mass is 9.65. The first-order valence-electron chi connectivity index (χ1n) is 15.1. The number of hydrogen-bond donors (Lipinski definition) is 3. The summed E-state index contributed by atoms with van der Waals surface area (Å²) < 4.78 is 6.43. The number of aryl methyl sites for hydroxylation is 1. The summed E-state index contributed by atoms with van der Waals surface area (Å²) in [6.45, 7) is 7.99. The van der Waals surface area contributed by atoms with Crippen LogP contribution in [-0.2, 0) is 9.53 Å². The van der Waals surface area contributed by atoms with E-state index >= 15 is 0 Å². The summed E-state index contributed by atoms with van der Waals surface area (Å²) in [5.41, 5.74) is 2.76. The highest BCUT2D eigenvalue weighted by Crippen LogP contribution is 2.45. The van der Waals surface area contributed by atoms with Gasteiger partial charge in [-0.25, -0.2) is 0 Å². The van der Waals surface area contributed by atoms with Crippen LogP contribution in [0.15, 0.2) is 24.3 Å². The number of nitrogens with zero attached hydrogens (tertiary/aromatic N) is 1. The van der Waals surface area contributed by atoms with Gasteiger partial charge in [-0.15, -0.1) is 0 Å². The fraction of sp³-hybridized carbons (Fsp3) is 0.774. The van der Waals surface area contributed by atoms with Crippen molar-refractivity contribution in [2.45, 2.75) is 95.2 Å². The minimum atomic E-state index is -0.727. The third-order valence-corrected chi connectivity index (χ3v) is 10.2. The molecule has 38 heavy (non-hydrogen) atoms. The second-order valence-electron chi connectivity index (χ2n) is 12.0. The van der Waals surface area contributed by atoms with Crippen LogP contribution in [0, 0.1) is 12.3 Å². The molecule has 3 N–H and O–H groups in total. The maximum Gasteiger partial charge on any atom is 0.320 e. The summed E-state index contributed by atoms with van der Waals surface area (Å²) in [5, 5.41) is 17.2. The van der Waals surface area contributed by atoms with Crippen molar-refractivity contribution in [2.24, 2.45) is 5.41 Å². The number of likely N-dealkylation sites (tertiary alicyclic amines) is 1. The van der Waals surface area contributed by atoms with Gasteiger partial charge in [0.2, 0.25) is 0 Å². The van der Waals surface area contributed by atoms with Crippen molar-refractivity contribution in [3.05, 3.63) is 35.4 Å². The van der Waals surface area contributed by atoms with Crippen molar-refractivity contribution >= 4 is 17.7 Å². The largest absolute Gasteiger partial charge is 0.480 e. The quantitative estimate of drug-likeness (QED) is 0.302. The Bertz CT molecular complexity index is 865. The molecule has 3 unspecified atom stereocenters. The second kappa shape index (κ2) is 15.0. The van der Waals surface area contributed by atoms with E-state index in [1.165, 1.54) is 56.1 Å². The Morgan fingerprint density at radius 1 is 1.24 bits per heavy atom. The van der Waals surface area contributed by atoms with Gasteiger partial charge in [-0.05, 0) is 100 Å². The Balaban J connectivity index is 1.48. The van der Waals surface area contributed by atoms with Crippen LogP contribution in [0.1, 0.15) is 81.3 Å². The van der Waals surface area contributed by atoms with E-state index in [4.69, 9.17) is 4.74 Å². The third-order valence-electron chi connectivity index (χ3n) is 9.53. The van der Waals surface area contributed by atoms with E-state index < -0.39 is 12.0 Å². The molecule has 4 rings (SSSR count). The van der Waals surface area contributed by atoms with Gasteiger partial charge < -0.3 is 20.5 Å². The van der Waals surface area contributed by atoms with Crippen molar-refractivity contribution in [1.29, 1.82) is 0 Å². The number of nitrogens with one attached hydrogen (secondary N) is 2. The molecule has 0 spiro atoms. The van der Waals surface area contributed by atoms with Crippen molar-refractivity contribution in [1.82, 2.24) is 15.5 Å². The van der Waals surface area contributed by atoms with Crippen LogP contribution in [0.2, 0.25) is 0 Å². The topological polar surface area (TPSA) is 73.8 Å². The summed E-state index contributed by atoms with van der Waals surface area (Å²) >= 11 is 1.72. The van der Waals surface area contributed by atoms with Crippen LogP contribution in [0.25, 0.3) is 0 Å². The normalized spacial score (nSPS) is 27.9. The predicted octanol–water partition coefficient (Wildman–Crippen LogP) is 5.06. The molecule has 3 fully saturated rings. The van der Waals surface area contributed by atoms with Gasteiger partial charge >= 0.3 is 5.97 Å². The molecule has 0 bridgehead atoms. The fourth-order valence-electron chi connectivity index (χ4n) is 7.09. The summed E-state index contributed by atoms with van der Waals surface area (Å²) in [7, 11) is 0. The molecule has 0 radical (unpaired) electrons. The molecule has 1 aliphatic carbocycles. The highest BCUT2D eigenvalue weighted by atomic mass is 32.2. The zero-order valence-corrected chi connectivity index (χ0v) is 24.6. The van der Waals surface area contributed by atoms with E-state index in [1.54, 1.807) is 11.8 Å². The van der Waals surface area contributed by atoms with Crippen LogP contribution >= 0.6 is 11.8 Å². The Kier molecular flexibility index (Phi) is 11.8. The van der Waals surface area contributed by atoms with Gasteiger partial charge in [0.25, 0.3) is 0 Å². The molecular weight excluding hydrogens is 494 g/mol. The van der Waals surface area contributed by atoms with Crippen molar-refractivity contribution in [3.63, 3.8) is 0 Å². The lowest BCUT2D eigenvalue weighted by molar-refractivity contribution is -0.139. The number of carboxylic acid groups (broad SMARTS) is 1. The molecule has 1 aromatic rings. The van der Waals surface area contributed by atoms with Crippen LogP contribution in [-0.4, -0.2) is 85.5 Å². The monoisotopic (exact) mass is 545 g/mol. The first-order chi connectivity index (χ1) is 18.5. The number of benzene rings is 1. The van der Waals surface area contributed by atoms with Crippen LogP contribution in [0.5, 0.6) is 0 Å². The minimum Gasteiger partial charge on any atom is -0.480 e. The molecule has 2 saturated heterocycles. The van der Waals surface area contributed by atoms with Gasteiger partial charge in [0.1, 0.15) is 6.04 Å². The Hall–Kier alpha value is -1.12. The summed E-state index contributed by atoms with van der Waals surface area (Å²) in [4.78, 5) is 14.8. The molecule has 1 saturated carbocycles. The third kappa shape index (κ3) is 7.97. The molecule has 214 valence electrons. The number of carboxylic acids is 1. The average molecular weight is 546 g/mol. The van der Waals surface area contributed by atoms with Gasteiger partial charge in [0.05, 0.1) is 12.7 Å². The maximum atomic E-state index is 12.1. The molecule has 2 heterocycles. The Morgan fingerprint density at radius 3 is 2.82 bits per heavy atom. The van der Waals surface area contributed by atoms with Gasteiger partial charge in [0, 0.05) is 25.0 Å². The smallest absolute Gasteiger partial charge is 0.320 e. The molecule has 3 aliphatic rings. The molecule has 6 nitrogen and oxygen atoms in total. The van der Waals surface area contributed by atoms with Crippen molar-refractivity contribution in [2.75, 3.05) is 51.3 Å². The molecule has 2 aliphatic heterocycles. The Morgan fingerprint density at radius 2 is 2.05 bits per heavy atom. The number of piperidine rings is 1. The molecule has 1 aromatic carbocycles. The predicted molar refractivity (Wildman–Crippen MR) is 158 cm³/mol. The number of rotatable bonds is 14. The van der Waals surface area contributed by atoms with Gasteiger partial charge in [-0.2, -0.15) is 11.8 Å². The van der Waals surface area contributed by atoms with E-state index in [0.717, 1.165) is 57.9 Å². The van der Waals surface area contributed by atoms with Crippen LogP contribution in [0.4, 0.5) is 0 Å². The van der Waals surface area contributed by atoms with E-state index in [9.17, 15) is 9.90 Å². The first-order valence-corrected chi connectivity index (χ1v) is 16.5. The SMILES string of the molecule is CSCCC(NCC1(CCN2CCC[C@H]2COC2CCCCC2)CCNCC1c1ccccc1C)C(=O)O. The molecule has 7 heteroatoms. The Labute approximate surface area is 235 Å². The zero-order chi connectivity index (χ0) is 26.8. The number of hydrogen-bond acceptors (Lipinski definition) is 6. The number of aliphatic carboxylic acids is 1. The lowest BCUT2D eigenvalue weighted by Crippen LogP contribution is -2.53. The van der Waals surface area contributed by atoms with Gasteiger partial charge in [-0.1, -0.05) is 43.5 Å². The average Bonchev–Trinajstić information content (AvgIpc) is 3.39. The minimum absolute atomic E-state index is 0.0157. The van der Waals surface area contributed by atoms with Crippen molar-refractivity contribution in [3.8, 4) is 0 Å². The highest BCUT2D eigenvalue weighted by Gasteiger charge is 2.43. The van der Waals surface area contributed by atoms with E-state index in [2.05, 4.69) is 46.7 Å². The van der Waals surface area contributed by atoms with E-state index in [1.807, 2.05) is 6.26 Å². The summed E-state index contributed by atoms with van der Waals surface area (Å²) in [6.07, 6.45) is 14.3. The number of carbonyl (C=O) groups is 1. The van der Waals surface area contributed by atoms with E-state index in [0.29, 0.717) is 24.5 Å². The second-order valence-corrected chi connectivity index (χ2v) is 12.9. The molecule has 0 aromatic heterocycles. The molecule has 0 amide bonds. The van der Waals surface area contributed by atoms with Gasteiger partial charge in [-0.3, -0.25) is 9.69 Å². The van der Waals surface area contributed by atoms with Gasteiger partial charge in [0.15, 0.2) is 0 Å². The fourth-order valence-corrected chi connectivity index (χ4v) is 7.56. The van der Waals surface area contributed by atoms with Crippen LogP contribution < -0.4 is 10.6 Å².